The van der Waals surface area contributed by atoms with Crippen LogP contribution in [0.3, 0.4) is 0 Å². The molecule has 1 aromatic rings. The second-order valence-corrected chi connectivity index (χ2v) is 5.66. The molecule has 0 saturated carbocycles. The fourth-order valence-electron chi connectivity index (χ4n) is 2.51. The van der Waals surface area contributed by atoms with Crippen LogP contribution in [-0.4, -0.2) is 41.6 Å². The summed E-state index contributed by atoms with van der Waals surface area (Å²) in [5.41, 5.74) is 0.488. The van der Waals surface area contributed by atoms with Crippen LogP contribution in [0.4, 0.5) is 0 Å². The molecule has 1 fully saturated rings. The molecule has 1 aromatic carbocycles. The number of rotatable bonds is 4. The van der Waals surface area contributed by atoms with E-state index >= 15 is 0 Å². The van der Waals surface area contributed by atoms with E-state index in [0.717, 1.165) is 19.5 Å². The maximum Gasteiger partial charge on any atom is 0.251 e. The average Bonchev–Trinajstić information content (AvgIpc) is 2.86. The number of amides is 1. The zero-order chi connectivity index (χ0) is 13.8. The van der Waals surface area contributed by atoms with Crippen molar-refractivity contribution >= 4 is 21.8 Å². The van der Waals surface area contributed by atoms with Gasteiger partial charge in [-0.3, -0.25) is 9.69 Å². The van der Waals surface area contributed by atoms with E-state index < -0.39 is 0 Å². The van der Waals surface area contributed by atoms with Crippen LogP contribution in [0.15, 0.2) is 22.7 Å². The molecule has 1 unspecified atom stereocenters. The smallest absolute Gasteiger partial charge is 0.251 e. The third-order valence-electron chi connectivity index (χ3n) is 3.61. The number of halogens is 1. The SMILES string of the molecule is CCN1CCCC1CNC(=O)c1ccc(Br)c(O)c1. The topological polar surface area (TPSA) is 52.6 Å². The lowest BCUT2D eigenvalue weighted by Crippen LogP contribution is -2.40. The van der Waals surface area contributed by atoms with Gasteiger partial charge in [-0.25, -0.2) is 0 Å². The molecule has 2 N–H and O–H groups in total. The third-order valence-corrected chi connectivity index (χ3v) is 4.28. The second kappa shape index (κ2) is 6.39. The van der Waals surface area contributed by atoms with Crippen molar-refractivity contribution in [3.05, 3.63) is 28.2 Å². The number of phenolic OH excluding ortho intramolecular Hbond substituents is 1. The summed E-state index contributed by atoms with van der Waals surface area (Å²) in [5, 5.41) is 12.5. The lowest BCUT2D eigenvalue weighted by molar-refractivity contribution is 0.0941. The summed E-state index contributed by atoms with van der Waals surface area (Å²) in [7, 11) is 0. The molecule has 0 radical (unpaired) electrons. The number of nitrogens with one attached hydrogen (secondary N) is 1. The highest BCUT2D eigenvalue weighted by atomic mass is 79.9. The molecule has 0 aliphatic carbocycles. The molecule has 1 aliphatic heterocycles. The van der Waals surface area contributed by atoms with E-state index in [1.807, 2.05) is 0 Å². The van der Waals surface area contributed by atoms with E-state index in [0.29, 0.717) is 22.6 Å². The van der Waals surface area contributed by atoms with Crippen LogP contribution in [0.5, 0.6) is 5.75 Å². The highest BCUT2D eigenvalue weighted by Gasteiger charge is 2.23. The first-order chi connectivity index (χ1) is 9.11. The van der Waals surface area contributed by atoms with Gasteiger partial charge in [-0.2, -0.15) is 0 Å². The molecule has 5 heteroatoms. The van der Waals surface area contributed by atoms with Crippen LogP contribution >= 0.6 is 15.9 Å². The zero-order valence-corrected chi connectivity index (χ0v) is 12.6. The van der Waals surface area contributed by atoms with Crippen LogP contribution in [0.1, 0.15) is 30.1 Å². The minimum absolute atomic E-state index is 0.0868. The van der Waals surface area contributed by atoms with E-state index in [1.54, 1.807) is 12.1 Å². The second-order valence-electron chi connectivity index (χ2n) is 4.80. The van der Waals surface area contributed by atoms with Crippen LogP contribution in [0.2, 0.25) is 0 Å². The Labute approximate surface area is 121 Å². The minimum Gasteiger partial charge on any atom is -0.507 e. The number of carbonyl (C=O) groups is 1. The molecule has 1 saturated heterocycles. The van der Waals surface area contributed by atoms with Gasteiger partial charge in [-0.05, 0) is 60.1 Å². The van der Waals surface area contributed by atoms with E-state index in [2.05, 4.69) is 33.1 Å². The molecule has 1 heterocycles. The van der Waals surface area contributed by atoms with Gasteiger partial charge in [0.25, 0.3) is 5.91 Å². The van der Waals surface area contributed by atoms with Crippen molar-refractivity contribution in [3.8, 4) is 5.75 Å². The Morgan fingerprint density at radius 1 is 1.58 bits per heavy atom. The summed E-state index contributed by atoms with van der Waals surface area (Å²) in [5.74, 6) is -0.0468. The van der Waals surface area contributed by atoms with Crippen molar-refractivity contribution in [2.75, 3.05) is 19.6 Å². The summed E-state index contributed by atoms with van der Waals surface area (Å²) < 4.78 is 0.594. The van der Waals surface area contributed by atoms with Crippen LogP contribution in [-0.2, 0) is 0 Å². The van der Waals surface area contributed by atoms with Crippen LogP contribution in [0, 0.1) is 0 Å². The van der Waals surface area contributed by atoms with Crippen molar-refractivity contribution in [2.45, 2.75) is 25.8 Å². The quantitative estimate of drug-likeness (QED) is 0.893. The van der Waals surface area contributed by atoms with Crippen molar-refractivity contribution in [2.24, 2.45) is 0 Å². The highest BCUT2D eigenvalue weighted by Crippen LogP contribution is 2.24. The monoisotopic (exact) mass is 326 g/mol. The number of hydrogen-bond donors (Lipinski definition) is 2. The molecule has 1 aliphatic rings. The van der Waals surface area contributed by atoms with E-state index in [-0.39, 0.29) is 11.7 Å². The number of likely N-dealkylation sites (tertiary alicyclic amines) is 1. The van der Waals surface area contributed by atoms with Gasteiger partial charge in [0.1, 0.15) is 5.75 Å². The molecule has 104 valence electrons. The van der Waals surface area contributed by atoms with Gasteiger partial charge in [0.2, 0.25) is 0 Å². The maximum atomic E-state index is 12.0. The Kier molecular flexibility index (Phi) is 4.82. The van der Waals surface area contributed by atoms with Crippen LogP contribution < -0.4 is 5.32 Å². The molecule has 0 spiro atoms. The summed E-state index contributed by atoms with van der Waals surface area (Å²) in [6.45, 7) is 4.96. The molecule has 1 atom stereocenters. The standard InChI is InChI=1S/C14H19BrN2O2/c1-2-17-7-3-4-11(17)9-16-14(19)10-5-6-12(15)13(18)8-10/h5-6,8,11,18H,2-4,7,9H2,1H3,(H,16,19). The molecule has 0 bridgehead atoms. The van der Waals surface area contributed by atoms with Gasteiger partial charge in [-0.15, -0.1) is 0 Å². The number of phenols is 1. The van der Waals surface area contributed by atoms with Gasteiger partial charge < -0.3 is 10.4 Å². The molecular weight excluding hydrogens is 308 g/mol. The molecule has 0 aromatic heterocycles. The average molecular weight is 327 g/mol. The Morgan fingerprint density at radius 2 is 2.37 bits per heavy atom. The summed E-state index contributed by atoms with van der Waals surface area (Å²) >= 11 is 3.20. The molecule has 2 rings (SSSR count). The van der Waals surface area contributed by atoms with Gasteiger partial charge in [0.15, 0.2) is 0 Å². The Hall–Kier alpha value is -1.07. The van der Waals surface area contributed by atoms with E-state index in [4.69, 9.17) is 0 Å². The Bertz CT molecular complexity index is 465. The van der Waals surface area contributed by atoms with Gasteiger partial charge in [0.05, 0.1) is 4.47 Å². The number of benzene rings is 1. The van der Waals surface area contributed by atoms with Crippen LogP contribution in [0.25, 0.3) is 0 Å². The fraction of sp³-hybridized carbons (Fsp3) is 0.500. The van der Waals surface area contributed by atoms with Gasteiger partial charge >= 0.3 is 0 Å². The fourth-order valence-corrected chi connectivity index (χ4v) is 2.76. The lowest BCUT2D eigenvalue weighted by atomic mass is 10.2. The first-order valence-corrected chi connectivity index (χ1v) is 7.42. The van der Waals surface area contributed by atoms with E-state index in [1.165, 1.54) is 12.5 Å². The summed E-state index contributed by atoms with van der Waals surface area (Å²) in [6, 6.07) is 5.30. The van der Waals surface area contributed by atoms with E-state index in [9.17, 15) is 9.90 Å². The van der Waals surface area contributed by atoms with Gasteiger partial charge in [0, 0.05) is 18.2 Å². The number of likely N-dealkylation sites (N-methyl/N-ethyl adjacent to an activating group) is 1. The predicted molar refractivity (Wildman–Crippen MR) is 78.4 cm³/mol. The molecule has 4 nitrogen and oxygen atoms in total. The minimum atomic E-state index is -0.134. The highest BCUT2D eigenvalue weighted by molar-refractivity contribution is 9.10. The third kappa shape index (κ3) is 3.48. The molecule has 1 amide bonds. The maximum absolute atomic E-state index is 12.0. The van der Waals surface area contributed by atoms with Crippen molar-refractivity contribution in [1.82, 2.24) is 10.2 Å². The molecular formula is C14H19BrN2O2. The predicted octanol–water partition coefficient (Wildman–Crippen LogP) is 2.37. The van der Waals surface area contributed by atoms with Crippen molar-refractivity contribution in [3.63, 3.8) is 0 Å². The first kappa shape index (κ1) is 14.3. The van der Waals surface area contributed by atoms with Crippen molar-refractivity contribution < 1.29 is 9.90 Å². The van der Waals surface area contributed by atoms with Gasteiger partial charge in [-0.1, -0.05) is 6.92 Å². The normalized spacial score (nSPS) is 19.6. The number of carbonyl (C=O) groups excluding carboxylic acids is 1. The largest absolute Gasteiger partial charge is 0.507 e. The molecule has 19 heavy (non-hydrogen) atoms. The summed E-state index contributed by atoms with van der Waals surface area (Å²) in [4.78, 5) is 14.4. The van der Waals surface area contributed by atoms with Crippen molar-refractivity contribution in [1.29, 1.82) is 0 Å². The lowest BCUT2D eigenvalue weighted by Gasteiger charge is -2.22. The number of hydrogen-bond acceptors (Lipinski definition) is 3. The first-order valence-electron chi connectivity index (χ1n) is 6.62. The summed E-state index contributed by atoms with van der Waals surface area (Å²) in [6.07, 6.45) is 2.34. The zero-order valence-electron chi connectivity index (χ0n) is 11.0. The number of aromatic hydroxyl groups is 1. The Balaban J connectivity index is 1.92. The number of nitrogens with zero attached hydrogens (tertiary/aromatic N) is 1. The Morgan fingerprint density at radius 3 is 3.05 bits per heavy atom.